The van der Waals surface area contributed by atoms with Crippen molar-refractivity contribution < 1.29 is 9.15 Å². The quantitative estimate of drug-likeness (QED) is 0.230. The minimum atomic E-state index is -0.0477. The Morgan fingerprint density at radius 2 is 1.20 bits per heavy atom. The van der Waals surface area contributed by atoms with E-state index in [4.69, 9.17) is 9.15 Å². The molecule has 2 aliphatic rings. The molecule has 0 fully saturated rings. The van der Waals surface area contributed by atoms with Crippen LogP contribution in [0.1, 0.15) is 17.0 Å². The Bertz CT molecular complexity index is 2210. The molecule has 188 valence electrons. The van der Waals surface area contributed by atoms with E-state index in [-0.39, 0.29) is 12.0 Å². The van der Waals surface area contributed by atoms with Gasteiger partial charge >= 0.3 is 0 Å². The molecule has 40 heavy (non-hydrogen) atoms. The maximum atomic E-state index is 6.63. The van der Waals surface area contributed by atoms with Crippen LogP contribution in [0.15, 0.2) is 138 Å². The fourth-order valence-corrected chi connectivity index (χ4v) is 6.50. The zero-order chi connectivity index (χ0) is 26.2. The molecule has 9 rings (SSSR count). The fourth-order valence-electron chi connectivity index (χ4n) is 6.50. The van der Waals surface area contributed by atoms with Crippen LogP contribution in [0.2, 0.25) is 0 Å². The van der Waals surface area contributed by atoms with Gasteiger partial charge in [0.25, 0.3) is 0 Å². The lowest BCUT2D eigenvalue weighted by atomic mass is 9.87. The number of rotatable bonds is 2. The third-order valence-electron chi connectivity index (χ3n) is 8.59. The summed E-state index contributed by atoms with van der Waals surface area (Å²) in [4.78, 5) is 0. The van der Waals surface area contributed by atoms with Crippen LogP contribution in [0.5, 0.6) is 5.75 Å². The molecule has 1 aromatic heterocycles. The highest BCUT2D eigenvalue weighted by atomic mass is 16.5. The van der Waals surface area contributed by atoms with E-state index in [1.165, 1.54) is 43.8 Å². The average Bonchev–Trinajstić information content (AvgIpc) is 3.58. The zero-order valence-electron chi connectivity index (χ0n) is 21.7. The average molecular weight is 513 g/mol. The first-order chi connectivity index (χ1) is 19.8. The monoisotopic (exact) mass is 512 g/mol. The second kappa shape index (κ2) is 8.21. The van der Waals surface area contributed by atoms with E-state index in [1.807, 2.05) is 0 Å². The Labute approximate surface area is 231 Å². The molecule has 2 atom stereocenters. The van der Waals surface area contributed by atoms with Gasteiger partial charge < -0.3 is 9.15 Å². The van der Waals surface area contributed by atoms with Gasteiger partial charge in [-0.25, -0.2) is 0 Å². The van der Waals surface area contributed by atoms with Crippen molar-refractivity contribution in [2.75, 3.05) is 0 Å². The Kier molecular flexibility index (Phi) is 4.48. The molecule has 2 heterocycles. The molecule has 6 aromatic carbocycles. The molecule has 1 aliphatic carbocycles. The van der Waals surface area contributed by atoms with Crippen LogP contribution in [-0.4, -0.2) is 6.10 Å². The summed E-state index contributed by atoms with van der Waals surface area (Å²) in [6.07, 6.45) is 6.74. The van der Waals surface area contributed by atoms with Crippen molar-refractivity contribution in [3.8, 4) is 16.9 Å². The highest BCUT2D eigenvalue weighted by molar-refractivity contribution is 6.08. The van der Waals surface area contributed by atoms with Crippen molar-refractivity contribution >= 4 is 49.1 Å². The molecule has 7 aromatic rings. The summed E-state index contributed by atoms with van der Waals surface area (Å²) in [7, 11) is 0. The largest absolute Gasteiger partial charge is 0.481 e. The van der Waals surface area contributed by atoms with Crippen molar-refractivity contribution in [1.29, 1.82) is 0 Å². The second-order valence-electron chi connectivity index (χ2n) is 10.9. The summed E-state index contributed by atoms with van der Waals surface area (Å²) in [6, 6.07) is 41.2. The first-order valence-electron chi connectivity index (χ1n) is 13.8. The van der Waals surface area contributed by atoms with Crippen molar-refractivity contribution in [3.05, 3.63) is 145 Å². The topological polar surface area (TPSA) is 22.4 Å². The first kappa shape index (κ1) is 21.8. The molecule has 1 aliphatic heterocycles. The van der Waals surface area contributed by atoms with Crippen LogP contribution in [-0.2, 0) is 0 Å². The van der Waals surface area contributed by atoms with Crippen LogP contribution >= 0.6 is 0 Å². The third kappa shape index (κ3) is 3.23. The normalized spacial score (nSPS) is 17.8. The Hall–Kier alpha value is -5.08. The molecular weight excluding hydrogens is 488 g/mol. The van der Waals surface area contributed by atoms with E-state index in [1.54, 1.807) is 0 Å². The number of hydrogen-bond donors (Lipinski definition) is 0. The van der Waals surface area contributed by atoms with Crippen LogP contribution in [0.3, 0.4) is 0 Å². The van der Waals surface area contributed by atoms with Gasteiger partial charge in [0.15, 0.2) is 11.3 Å². The van der Waals surface area contributed by atoms with Gasteiger partial charge in [-0.2, -0.15) is 0 Å². The molecule has 0 radical (unpaired) electrons. The lowest BCUT2D eigenvalue weighted by molar-refractivity contribution is 0.269. The molecule has 0 amide bonds. The van der Waals surface area contributed by atoms with Crippen LogP contribution in [0.25, 0.3) is 60.2 Å². The van der Waals surface area contributed by atoms with Gasteiger partial charge in [-0.3, -0.25) is 0 Å². The predicted molar refractivity (Wildman–Crippen MR) is 165 cm³/mol. The molecule has 2 unspecified atom stereocenters. The van der Waals surface area contributed by atoms with Gasteiger partial charge in [0.1, 0.15) is 11.7 Å². The number of hydrogen-bond acceptors (Lipinski definition) is 2. The number of allylic oxidation sites excluding steroid dienone is 2. The molecule has 0 spiro atoms. The maximum absolute atomic E-state index is 6.63. The number of ether oxygens (including phenoxy) is 1. The van der Waals surface area contributed by atoms with E-state index in [0.29, 0.717) is 0 Å². The van der Waals surface area contributed by atoms with E-state index < -0.39 is 0 Å². The summed E-state index contributed by atoms with van der Waals surface area (Å²) in [5, 5.41) is 7.20. The van der Waals surface area contributed by atoms with Gasteiger partial charge in [-0.15, -0.1) is 0 Å². The third-order valence-corrected chi connectivity index (χ3v) is 8.59. The lowest BCUT2D eigenvalue weighted by Gasteiger charge is -2.19. The van der Waals surface area contributed by atoms with Gasteiger partial charge in [0.2, 0.25) is 0 Å². The van der Waals surface area contributed by atoms with Crippen molar-refractivity contribution in [1.82, 2.24) is 0 Å². The van der Waals surface area contributed by atoms with Gasteiger partial charge in [-0.1, -0.05) is 97.1 Å². The molecule has 2 heteroatoms. The fraction of sp³-hybridized carbons (Fsp3) is 0.0526. The Morgan fingerprint density at radius 3 is 2.00 bits per heavy atom. The van der Waals surface area contributed by atoms with E-state index in [2.05, 4.69) is 133 Å². The van der Waals surface area contributed by atoms with E-state index >= 15 is 0 Å². The van der Waals surface area contributed by atoms with Gasteiger partial charge in [0.05, 0.1) is 0 Å². The van der Waals surface area contributed by atoms with Gasteiger partial charge in [0, 0.05) is 22.3 Å². The molecule has 2 nitrogen and oxygen atoms in total. The van der Waals surface area contributed by atoms with Crippen molar-refractivity contribution in [2.24, 2.45) is 0 Å². The number of fused-ring (bicyclic) bond motifs is 9. The van der Waals surface area contributed by atoms with E-state index in [9.17, 15) is 0 Å². The van der Waals surface area contributed by atoms with Crippen LogP contribution < -0.4 is 4.74 Å². The smallest absolute Gasteiger partial charge is 0.177 e. The zero-order valence-corrected chi connectivity index (χ0v) is 21.7. The summed E-state index contributed by atoms with van der Waals surface area (Å²) in [5.74, 6) is 1.06. The van der Waals surface area contributed by atoms with Gasteiger partial charge in [-0.05, 0) is 80.2 Å². The van der Waals surface area contributed by atoms with Crippen molar-refractivity contribution in [2.45, 2.75) is 12.0 Å². The van der Waals surface area contributed by atoms with Crippen LogP contribution in [0.4, 0.5) is 0 Å². The lowest BCUT2D eigenvalue weighted by Crippen LogP contribution is -2.17. The summed E-state index contributed by atoms with van der Waals surface area (Å²) >= 11 is 0. The SMILES string of the molecule is C1=CC2c3ccc4c(oc5cc(-c6ccc7ccccc7c6)ccc54)c3OC2C=C1c1ccc2ccccc2c1. The molecule has 0 bridgehead atoms. The second-order valence-corrected chi connectivity index (χ2v) is 10.9. The highest BCUT2D eigenvalue weighted by Crippen LogP contribution is 2.49. The number of furan rings is 1. The Morgan fingerprint density at radius 1 is 0.550 bits per heavy atom. The maximum Gasteiger partial charge on any atom is 0.177 e. The molecule has 0 saturated carbocycles. The standard InChI is InChI=1S/C38H24O2/c1-3-7-25-19-27(11-9-23(25)5-1)29-13-15-31-33-17-18-34-32-16-14-30(28-12-10-24-6-2-4-8-26(24)20-28)22-36(32)40-38(34)37(33)39-35(31)21-29/h1-22,31,35H. The van der Waals surface area contributed by atoms with E-state index in [0.717, 1.165) is 33.3 Å². The minimum absolute atomic E-state index is 0.0477. The first-order valence-corrected chi connectivity index (χ1v) is 13.8. The molecule has 0 N–H and O–H groups in total. The summed E-state index contributed by atoms with van der Waals surface area (Å²) in [5.41, 5.74) is 7.65. The Balaban J connectivity index is 1.10. The summed E-state index contributed by atoms with van der Waals surface area (Å²) < 4.78 is 13.2. The summed E-state index contributed by atoms with van der Waals surface area (Å²) in [6.45, 7) is 0. The minimum Gasteiger partial charge on any atom is -0.481 e. The number of benzene rings is 6. The van der Waals surface area contributed by atoms with Crippen molar-refractivity contribution in [3.63, 3.8) is 0 Å². The molecular formula is C38H24O2. The highest BCUT2D eigenvalue weighted by Gasteiger charge is 2.36. The van der Waals surface area contributed by atoms with Crippen LogP contribution in [0, 0.1) is 0 Å². The predicted octanol–water partition coefficient (Wildman–Crippen LogP) is 10.1. The molecule has 0 saturated heterocycles.